The third-order valence-electron chi connectivity index (χ3n) is 6.16. The zero-order chi connectivity index (χ0) is 20.8. The van der Waals surface area contributed by atoms with Gasteiger partial charge in [-0.25, -0.2) is 9.97 Å². The number of anilines is 2. The van der Waals surface area contributed by atoms with Gasteiger partial charge in [0, 0.05) is 55.4 Å². The van der Waals surface area contributed by atoms with Crippen molar-refractivity contribution in [1.29, 1.82) is 0 Å². The van der Waals surface area contributed by atoms with Gasteiger partial charge in [0.05, 0.1) is 0 Å². The van der Waals surface area contributed by atoms with Crippen LogP contribution in [0.5, 0.6) is 0 Å². The quantitative estimate of drug-likeness (QED) is 0.505. The van der Waals surface area contributed by atoms with Crippen LogP contribution in [0.4, 0.5) is 11.6 Å². The first kappa shape index (κ1) is 18.2. The molecule has 0 N–H and O–H groups in total. The van der Waals surface area contributed by atoms with E-state index in [0.717, 1.165) is 79.9 Å². The van der Waals surface area contributed by atoms with Gasteiger partial charge in [-0.2, -0.15) is 4.52 Å². The van der Waals surface area contributed by atoms with Crippen LogP contribution in [-0.2, 0) is 12.8 Å². The normalized spacial score (nSPS) is 16.2. The summed E-state index contributed by atoms with van der Waals surface area (Å²) in [6.45, 7) is 5.51. The van der Waals surface area contributed by atoms with E-state index in [9.17, 15) is 0 Å². The average Bonchev–Trinajstić information content (AvgIpc) is 3.45. The third-order valence-corrected chi connectivity index (χ3v) is 6.16. The Hall–Kier alpha value is -3.62. The van der Waals surface area contributed by atoms with Crippen molar-refractivity contribution in [1.82, 2.24) is 34.8 Å². The Morgan fingerprint density at radius 2 is 1.65 bits per heavy atom. The summed E-state index contributed by atoms with van der Waals surface area (Å²) >= 11 is 0. The molecule has 0 atom stereocenters. The molecule has 2 aliphatic rings. The molecule has 9 heteroatoms. The van der Waals surface area contributed by atoms with Crippen LogP contribution < -0.4 is 9.80 Å². The van der Waals surface area contributed by atoms with Crippen LogP contribution in [0, 0.1) is 6.92 Å². The first-order valence-electron chi connectivity index (χ1n) is 10.8. The molecule has 0 aromatic carbocycles. The summed E-state index contributed by atoms with van der Waals surface area (Å²) in [6, 6.07) is 7.97. The maximum absolute atomic E-state index is 5.01. The lowest BCUT2D eigenvalue weighted by molar-refractivity contribution is 0.632. The lowest BCUT2D eigenvalue weighted by Gasteiger charge is -2.36. The van der Waals surface area contributed by atoms with E-state index in [1.54, 1.807) is 16.9 Å². The monoisotopic (exact) mass is 413 g/mol. The predicted octanol–water partition coefficient (Wildman–Crippen LogP) is 2.10. The van der Waals surface area contributed by atoms with Gasteiger partial charge in [-0.15, -0.1) is 15.3 Å². The minimum atomic E-state index is 0.778. The maximum atomic E-state index is 5.01. The Kier molecular flexibility index (Phi) is 4.26. The highest BCUT2D eigenvalue weighted by atomic mass is 15.4. The molecule has 9 nitrogen and oxygen atoms in total. The molecule has 1 fully saturated rings. The SMILES string of the molecule is Cc1nnc2ccc(N3CCN(c4nc(-c5ccncc5)nc5c4CCC5)CC3)nn12. The molecular weight excluding hydrogens is 390 g/mol. The van der Waals surface area contributed by atoms with Gasteiger partial charge in [0.25, 0.3) is 0 Å². The molecule has 156 valence electrons. The fourth-order valence-electron chi connectivity index (χ4n) is 4.51. The molecular formula is C22H23N9. The van der Waals surface area contributed by atoms with E-state index in [1.165, 1.54) is 11.3 Å². The second-order valence-electron chi connectivity index (χ2n) is 8.07. The molecule has 4 aromatic rings. The first-order valence-corrected chi connectivity index (χ1v) is 10.8. The highest BCUT2D eigenvalue weighted by Crippen LogP contribution is 2.32. The summed E-state index contributed by atoms with van der Waals surface area (Å²) in [4.78, 5) is 18.7. The van der Waals surface area contributed by atoms with Gasteiger partial charge in [0.1, 0.15) is 11.6 Å². The zero-order valence-electron chi connectivity index (χ0n) is 17.4. The minimum absolute atomic E-state index is 0.778. The molecule has 0 saturated carbocycles. The highest BCUT2D eigenvalue weighted by molar-refractivity contribution is 5.61. The molecule has 0 unspecified atom stereocenters. The van der Waals surface area contributed by atoms with Crippen molar-refractivity contribution in [3.63, 3.8) is 0 Å². The lowest BCUT2D eigenvalue weighted by atomic mass is 10.1. The Bertz CT molecular complexity index is 1240. The van der Waals surface area contributed by atoms with E-state index >= 15 is 0 Å². The standard InChI is InChI=1S/C22H23N9/c1-15-26-27-19-5-6-20(28-31(15)19)29-11-13-30(14-12-29)22-17-3-2-4-18(17)24-21(25-22)16-7-9-23-10-8-16/h5-10H,2-4,11-14H2,1H3. The summed E-state index contributed by atoms with van der Waals surface area (Å²) in [5.41, 5.74) is 4.33. The van der Waals surface area contributed by atoms with Crippen molar-refractivity contribution in [2.45, 2.75) is 26.2 Å². The van der Waals surface area contributed by atoms with E-state index in [1.807, 2.05) is 31.2 Å². The van der Waals surface area contributed by atoms with E-state index in [2.05, 4.69) is 25.0 Å². The summed E-state index contributed by atoms with van der Waals surface area (Å²) in [5.74, 6) is 3.67. The summed E-state index contributed by atoms with van der Waals surface area (Å²) in [6.07, 6.45) is 6.84. The fraction of sp³-hybridized carbons (Fsp3) is 0.364. The lowest BCUT2D eigenvalue weighted by Crippen LogP contribution is -2.47. The molecule has 6 rings (SSSR count). The molecule has 1 aliphatic carbocycles. The number of fused-ring (bicyclic) bond motifs is 2. The predicted molar refractivity (Wildman–Crippen MR) is 117 cm³/mol. The van der Waals surface area contributed by atoms with Gasteiger partial charge < -0.3 is 9.80 Å². The van der Waals surface area contributed by atoms with Gasteiger partial charge >= 0.3 is 0 Å². The van der Waals surface area contributed by atoms with E-state index < -0.39 is 0 Å². The second-order valence-corrected chi connectivity index (χ2v) is 8.07. The van der Waals surface area contributed by atoms with Crippen molar-refractivity contribution < 1.29 is 0 Å². The number of rotatable bonds is 3. The Balaban J connectivity index is 1.27. The van der Waals surface area contributed by atoms with Gasteiger partial charge in [-0.05, 0) is 50.5 Å². The van der Waals surface area contributed by atoms with E-state index in [0.29, 0.717) is 0 Å². The zero-order valence-corrected chi connectivity index (χ0v) is 17.4. The smallest absolute Gasteiger partial charge is 0.178 e. The number of hydrogen-bond donors (Lipinski definition) is 0. The van der Waals surface area contributed by atoms with Crippen molar-refractivity contribution in [2.75, 3.05) is 36.0 Å². The number of pyridine rings is 1. The minimum Gasteiger partial charge on any atom is -0.353 e. The molecule has 1 saturated heterocycles. The Morgan fingerprint density at radius 1 is 0.839 bits per heavy atom. The van der Waals surface area contributed by atoms with Crippen molar-refractivity contribution in [2.24, 2.45) is 0 Å². The van der Waals surface area contributed by atoms with Crippen LogP contribution in [0.3, 0.4) is 0 Å². The molecule has 0 bridgehead atoms. The summed E-state index contributed by atoms with van der Waals surface area (Å²) in [5, 5.41) is 13.0. The van der Waals surface area contributed by atoms with Crippen LogP contribution in [0.25, 0.3) is 17.0 Å². The van der Waals surface area contributed by atoms with Crippen molar-refractivity contribution in [3.05, 3.63) is 53.7 Å². The number of nitrogens with zero attached hydrogens (tertiary/aromatic N) is 9. The van der Waals surface area contributed by atoms with Gasteiger partial charge in [-0.1, -0.05) is 0 Å². The first-order chi connectivity index (χ1) is 15.3. The van der Waals surface area contributed by atoms with Crippen LogP contribution in [0.1, 0.15) is 23.5 Å². The molecule has 1 aliphatic heterocycles. The topological polar surface area (TPSA) is 88.2 Å². The van der Waals surface area contributed by atoms with Crippen LogP contribution >= 0.6 is 0 Å². The molecule has 0 radical (unpaired) electrons. The third kappa shape index (κ3) is 3.17. The van der Waals surface area contributed by atoms with Gasteiger partial charge in [-0.3, -0.25) is 4.98 Å². The molecule has 31 heavy (non-hydrogen) atoms. The molecule has 0 amide bonds. The Morgan fingerprint density at radius 3 is 2.48 bits per heavy atom. The number of hydrogen-bond acceptors (Lipinski definition) is 8. The van der Waals surface area contributed by atoms with Crippen LogP contribution in [-0.4, -0.2) is 60.9 Å². The van der Waals surface area contributed by atoms with Crippen LogP contribution in [0.15, 0.2) is 36.7 Å². The highest BCUT2D eigenvalue weighted by Gasteiger charge is 2.26. The van der Waals surface area contributed by atoms with Gasteiger partial charge in [0.15, 0.2) is 17.3 Å². The number of aromatic nitrogens is 7. The van der Waals surface area contributed by atoms with E-state index in [-0.39, 0.29) is 0 Å². The summed E-state index contributed by atoms with van der Waals surface area (Å²) < 4.78 is 1.81. The largest absolute Gasteiger partial charge is 0.353 e. The maximum Gasteiger partial charge on any atom is 0.178 e. The van der Waals surface area contributed by atoms with E-state index in [4.69, 9.17) is 15.1 Å². The Labute approximate surface area is 179 Å². The molecule has 4 aromatic heterocycles. The number of piperazine rings is 1. The number of aryl methyl sites for hydroxylation is 2. The average molecular weight is 413 g/mol. The van der Waals surface area contributed by atoms with Gasteiger partial charge in [0.2, 0.25) is 0 Å². The van der Waals surface area contributed by atoms with Crippen LogP contribution in [0.2, 0.25) is 0 Å². The fourth-order valence-corrected chi connectivity index (χ4v) is 4.51. The molecule has 0 spiro atoms. The van der Waals surface area contributed by atoms with Crippen molar-refractivity contribution >= 4 is 17.3 Å². The molecule has 5 heterocycles. The second kappa shape index (κ2) is 7.26. The summed E-state index contributed by atoms with van der Waals surface area (Å²) in [7, 11) is 0. The van der Waals surface area contributed by atoms with Crippen molar-refractivity contribution in [3.8, 4) is 11.4 Å².